The van der Waals surface area contributed by atoms with E-state index in [4.69, 9.17) is 62.7 Å². The fourth-order valence-corrected chi connectivity index (χ4v) is 2.81. The van der Waals surface area contributed by atoms with Crippen molar-refractivity contribution in [2.24, 2.45) is 0 Å². The van der Waals surface area contributed by atoms with E-state index in [1.807, 2.05) is 6.92 Å². The fraction of sp³-hybridized carbons (Fsp3) is 0.200. The Morgan fingerprint density at radius 2 is 1.59 bits per heavy atom. The van der Waals surface area contributed by atoms with Crippen LogP contribution in [-0.2, 0) is 0 Å². The second-order valence-electron chi connectivity index (χ2n) is 4.63. The van der Waals surface area contributed by atoms with Crippen molar-refractivity contribution in [2.75, 3.05) is 11.9 Å². The first-order valence-corrected chi connectivity index (χ1v) is 8.26. The third-order valence-electron chi connectivity index (χ3n) is 2.81. The molecule has 2 rings (SSSR count). The number of ether oxygens (including phenoxy) is 1. The molecule has 1 N–H and O–H groups in total. The Labute approximate surface area is 154 Å². The van der Waals surface area contributed by atoms with E-state index in [1.165, 1.54) is 0 Å². The van der Waals surface area contributed by atoms with Crippen molar-refractivity contribution in [1.82, 2.24) is 0 Å². The van der Waals surface area contributed by atoms with Crippen LogP contribution in [-0.4, -0.2) is 12.6 Å². The van der Waals surface area contributed by atoms with E-state index in [9.17, 15) is 0 Å². The van der Waals surface area contributed by atoms with Crippen LogP contribution in [0.2, 0.25) is 25.1 Å². The van der Waals surface area contributed by atoms with Crippen LogP contribution in [0, 0.1) is 0 Å². The molecule has 0 spiro atoms. The van der Waals surface area contributed by atoms with Gasteiger partial charge >= 0.3 is 0 Å². The van der Waals surface area contributed by atoms with E-state index in [2.05, 4.69) is 5.32 Å². The van der Waals surface area contributed by atoms with Crippen molar-refractivity contribution in [3.8, 4) is 5.75 Å². The van der Waals surface area contributed by atoms with Gasteiger partial charge in [-0.25, -0.2) is 0 Å². The summed E-state index contributed by atoms with van der Waals surface area (Å²) in [6, 6.07) is 8.35. The lowest BCUT2D eigenvalue weighted by atomic mass is 10.3. The van der Waals surface area contributed by atoms with E-state index in [0.29, 0.717) is 43.1 Å². The van der Waals surface area contributed by atoms with E-state index in [1.54, 1.807) is 30.3 Å². The van der Waals surface area contributed by atoms with Gasteiger partial charge in [0.05, 0.1) is 32.3 Å². The Balaban J connectivity index is 1.98. The molecule has 0 aliphatic heterocycles. The highest BCUT2D eigenvalue weighted by atomic mass is 35.5. The number of rotatable bonds is 5. The normalized spacial score (nSPS) is 12.1. The Morgan fingerprint density at radius 3 is 2.27 bits per heavy atom. The molecule has 2 aromatic carbocycles. The van der Waals surface area contributed by atoms with E-state index >= 15 is 0 Å². The lowest BCUT2D eigenvalue weighted by Crippen LogP contribution is -2.23. The Morgan fingerprint density at radius 1 is 0.909 bits per heavy atom. The van der Waals surface area contributed by atoms with Gasteiger partial charge < -0.3 is 10.1 Å². The Bertz CT molecular complexity index is 677. The van der Waals surface area contributed by atoms with Gasteiger partial charge in [-0.15, -0.1) is 0 Å². The Kier molecular flexibility index (Phi) is 6.36. The first-order chi connectivity index (χ1) is 10.4. The third kappa shape index (κ3) is 4.74. The van der Waals surface area contributed by atoms with Crippen molar-refractivity contribution in [3.63, 3.8) is 0 Å². The summed E-state index contributed by atoms with van der Waals surface area (Å²) in [5.74, 6) is 0.570. The van der Waals surface area contributed by atoms with E-state index in [-0.39, 0.29) is 6.10 Å². The molecule has 0 bridgehead atoms. The summed E-state index contributed by atoms with van der Waals surface area (Å²) < 4.78 is 5.76. The second-order valence-corrected chi connectivity index (χ2v) is 6.70. The summed E-state index contributed by atoms with van der Waals surface area (Å²) in [6.07, 6.45) is -0.149. The molecule has 0 heterocycles. The highest BCUT2D eigenvalue weighted by molar-refractivity contribution is 6.44. The molecule has 0 aliphatic carbocycles. The molecule has 0 radical (unpaired) electrons. The molecule has 0 aromatic heterocycles. The maximum Gasteiger partial charge on any atom is 0.138 e. The van der Waals surface area contributed by atoms with Gasteiger partial charge in [-0.05, 0) is 37.3 Å². The lowest BCUT2D eigenvalue weighted by molar-refractivity contribution is 0.235. The van der Waals surface area contributed by atoms with Gasteiger partial charge in [0.1, 0.15) is 11.9 Å². The minimum absolute atomic E-state index is 0.149. The molecule has 118 valence electrons. The highest BCUT2D eigenvalue weighted by Crippen LogP contribution is 2.32. The zero-order chi connectivity index (χ0) is 16.3. The zero-order valence-electron chi connectivity index (χ0n) is 11.5. The molecule has 0 saturated heterocycles. The summed E-state index contributed by atoms with van der Waals surface area (Å²) >= 11 is 29.9. The first-order valence-electron chi connectivity index (χ1n) is 6.37. The van der Waals surface area contributed by atoms with Crippen molar-refractivity contribution >= 4 is 63.7 Å². The summed E-state index contributed by atoms with van der Waals surface area (Å²) in [4.78, 5) is 0. The van der Waals surface area contributed by atoms with Gasteiger partial charge in [-0.1, -0.05) is 58.0 Å². The smallest absolute Gasteiger partial charge is 0.138 e. The summed E-state index contributed by atoms with van der Waals surface area (Å²) in [7, 11) is 0. The van der Waals surface area contributed by atoms with E-state index in [0.717, 1.165) is 0 Å². The summed E-state index contributed by atoms with van der Waals surface area (Å²) in [5, 5.41) is 5.52. The van der Waals surface area contributed by atoms with Crippen molar-refractivity contribution in [3.05, 3.63) is 55.4 Å². The number of halogens is 5. The average Bonchev–Trinajstić information content (AvgIpc) is 2.44. The molecule has 0 amide bonds. The van der Waals surface area contributed by atoms with Gasteiger partial charge in [-0.3, -0.25) is 0 Å². The van der Waals surface area contributed by atoms with Gasteiger partial charge in [0.2, 0.25) is 0 Å². The summed E-state index contributed by atoms with van der Waals surface area (Å²) in [6.45, 7) is 2.42. The van der Waals surface area contributed by atoms with Crippen LogP contribution in [0.15, 0.2) is 30.3 Å². The number of anilines is 1. The molecule has 2 aromatic rings. The van der Waals surface area contributed by atoms with Gasteiger partial charge in [-0.2, -0.15) is 0 Å². The number of nitrogens with one attached hydrogen (secondary N) is 1. The van der Waals surface area contributed by atoms with Crippen molar-refractivity contribution < 1.29 is 4.74 Å². The van der Waals surface area contributed by atoms with Crippen molar-refractivity contribution in [1.29, 1.82) is 0 Å². The topological polar surface area (TPSA) is 21.3 Å². The molecular weight excluding hydrogens is 387 g/mol. The maximum atomic E-state index is 6.11. The number of hydrogen-bond acceptors (Lipinski definition) is 2. The SMILES string of the molecule is CC(CNc1cc(Cl)c(Cl)cc1Cl)Oc1ccc(Cl)cc1Cl. The summed E-state index contributed by atoms with van der Waals surface area (Å²) in [5.41, 5.74) is 0.689. The molecule has 0 saturated carbocycles. The minimum Gasteiger partial charge on any atom is -0.487 e. The maximum absolute atomic E-state index is 6.11. The van der Waals surface area contributed by atoms with Crippen molar-refractivity contribution in [2.45, 2.75) is 13.0 Å². The Hall–Kier alpha value is -0.510. The van der Waals surface area contributed by atoms with Gasteiger partial charge in [0, 0.05) is 5.02 Å². The lowest BCUT2D eigenvalue weighted by Gasteiger charge is -2.18. The van der Waals surface area contributed by atoms with Crippen LogP contribution in [0.5, 0.6) is 5.75 Å². The van der Waals surface area contributed by atoms with Crippen LogP contribution < -0.4 is 10.1 Å². The molecule has 2 nitrogen and oxygen atoms in total. The first kappa shape index (κ1) is 17.8. The largest absolute Gasteiger partial charge is 0.487 e. The van der Waals surface area contributed by atoms with Crippen LogP contribution in [0.25, 0.3) is 0 Å². The zero-order valence-corrected chi connectivity index (χ0v) is 15.2. The molecule has 0 aliphatic rings. The van der Waals surface area contributed by atoms with Crippen LogP contribution in [0.3, 0.4) is 0 Å². The monoisotopic (exact) mass is 397 g/mol. The van der Waals surface area contributed by atoms with Crippen LogP contribution >= 0.6 is 58.0 Å². The second kappa shape index (κ2) is 7.85. The predicted molar refractivity (Wildman–Crippen MR) is 96.5 cm³/mol. The van der Waals surface area contributed by atoms with Crippen LogP contribution in [0.4, 0.5) is 5.69 Å². The average molecular weight is 400 g/mol. The number of benzene rings is 2. The van der Waals surface area contributed by atoms with Gasteiger partial charge in [0.25, 0.3) is 0 Å². The molecular formula is C15H12Cl5NO. The quantitative estimate of drug-likeness (QED) is 0.556. The predicted octanol–water partition coefficient (Wildman–Crippen LogP) is 6.83. The number of hydrogen-bond donors (Lipinski definition) is 1. The fourth-order valence-electron chi connectivity index (χ4n) is 1.74. The molecule has 1 unspecified atom stereocenters. The molecule has 7 heteroatoms. The van der Waals surface area contributed by atoms with Gasteiger partial charge in [0.15, 0.2) is 0 Å². The highest BCUT2D eigenvalue weighted by Gasteiger charge is 2.10. The van der Waals surface area contributed by atoms with Crippen LogP contribution in [0.1, 0.15) is 6.92 Å². The molecule has 22 heavy (non-hydrogen) atoms. The van der Waals surface area contributed by atoms with E-state index < -0.39 is 0 Å². The standard InChI is InChI=1S/C15H12Cl5NO/c1-8(22-15-3-2-9(16)4-13(15)20)7-21-14-6-11(18)10(17)5-12(14)19/h2-6,8,21H,7H2,1H3. The third-order valence-corrected chi connectivity index (χ3v) is 4.38. The minimum atomic E-state index is -0.149. The molecule has 0 fully saturated rings. The molecule has 1 atom stereocenters.